The zero-order chi connectivity index (χ0) is 20.6. The lowest BCUT2D eigenvalue weighted by Gasteiger charge is -2.42. The van der Waals surface area contributed by atoms with Crippen molar-refractivity contribution in [2.24, 2.45) is 11.3 Å². The lowest BCUT2D eigenvalue weighted by molar-refractivity contribution is -0.146. The van der Waals surface area contributed by atoms with Crippen LogP contribution in [0, 0.1) is 11.3 Å². The molecule has 2 bridgehead atoms. The Bertz CT molecular complexity index is 745. The van der Waals surface area contributed by atoms with Gasteiger partial charge in [-0.15, -0.1) is 0 Å². The molecular weight excluding hydrogens is 366 g/mol. The molecule has 29 heavy (non-hydrogen) atoms. The molecule has 3 aliphatic heterocycles. The highest BCUT2D eigenvalue weighted by Gasteiger charge is 2.61. The number of amides is 2. The molecule has 6 heteroatoms. The molecule has 0 radical (unpaired) electrons. The minimum Gasteiger partial charge on any atom is -0.393 e. The first-order chi connectivity index (χ1) is 13.9. The highest BCUT2D eigenvalue weighted by molar-refractivity contribution is 5.96. The van der Waals surface area contributed by atoms with Gasteiger partial charge in [-0.2, -0.15) is 0 Å². The van der Waals surface area contributed by atoms with Gasteiger partial charge in [-0.3, -0.25) is 14.6 Å². The van der Waals surface area contributed by atoms with E-state index in [0.29, 0.717) is 37.4 Å². The van der Waals surface area contributed by atoms with E-state index in [1.54, 1.807) is 24.5 Å². The van der Waals surface area contributed by atoms with Gasteiger partial charge in [0.05, 0.1) is 11.5 Å². The lowest BCUT2D eigenvalue weighted by atomic mass is 9.68. The molecule has 4 rings (SSSR count). The first kappa shape index (κ1) is 20.3. The third-order valence-electron chi connectivity index (χ3n) is 7.25. The van der Waals surface area contributed by atoms with Gasteiger partial charge < -0.3 is 14.9 Å². The molecule has 4 heterocycles. The van der Waals surface area contributed by atoms with Gasteiger partial charge in [0, 0.05) is 43.1 Å². The average molecular weight is 400 g/mol. The highest BCUT2D eigenvalue weighted by atomic mass is 16.3. The topological polar surface area (TPSA) is 73.7 Å². The zero-order valence-electron chi connectivity index (χ0n) is 17.6. The van der Waals surface area contributed by atoms with Crippen LogP contribution in [0.2, 0.25) is 0 Å². The van der Waals surface area contributed by atoms with Crippen molar-refractivity contribution in [1.82, 2.24) is 14.8 Å². The Morgan fingerprint density at radius 1 is 1.17 bits per heavy atom. The summed E-state index contributed by atoms with van der Waals surface area (Å²) in [5, 5.41) is 9.86. The molecule has 3 atom stereocenters. The second-order valence-electron chi connectivity index (χ2n) is 9.51. The van der Waals surface area contributed by atoms with Crippen LogP contribution >= 0.6 is 0 Å². The number of aliphatic hydroxyl groups excluding tert-OH is 1. The van der Waals surface area contributed by atoms with Crippen molar-refractivity contribution in [3.63, 3.8) is 0 Å². The van der Waals surface area contributed by atoms with E-state index in [-0.39, 0.29) is 30.0 Å². The standard InChI is InChI=1S/C23H33N3O3/c1-16(2)5-10-23(22(29)25-13-8-19(27)9-14-25)15-18-3-4-20(23)26(18)21(28)17-6-11-24-12-7-17/h6-7,11-12,16,18-20,27H,3-5,8-10,13-15H2,1-2H3/t18-,20+,23+/m1/s1. The van der Waals surface area contributed by atoms with Gasteiger partial charge in [0.1, 0.15) is 0 Å². The number of aromatic nitrogens is 1. The molecule has 1 N–H and O–H groups in total. The quantitative estimate of drug-likeness (QED) is 0.826. The van der Waals surface area contributed by atoms with E-state index in [4.69, 9.17) is 0 Å². The van der Waals surface area contributed by atoms with Crippen LogP contribution in [0.3, 0.4) is 0 Å². The Kier molecular flexibility index (Phi) is 5.65. The second-order valence-corrected chi connectivity index (χ2v) is 9.51. The number of rotatable bonds is 5. The number of likely N-dealkylation sites (tertiary alicyclic amines) is 1. The van der Waals surface area contributed by atoms with Crippen molar-refractivity contribution in [3.8, 4) is 0 Å². The first-order valence-corrected chi connectivity index (χ1v) is 11.1. The van der Waals surface area contributed by atoms with Gasteiger partial charge in [-0.25, -0.2) is 0 Å². The van der Waals surface area contributed by atoms with Crippen LogP contribution in [0.5, 0.6) is 0 Å². The normalized spacial score (nSPS) is 29.7. The summed E-state index contributed by atoms with van der Waals surface area (Å²) in [6.07, 6.45) is 8.81. The predicted octanol–water partition coefficient (Wildman–Crippen LogP) is 2.86. The van der Waals surface area contributed by atoms with Crippen LogP contribution < -0.4 is 0 Å². The molecule has 3 fully saturated rings. The summed E-state index contributed by atoms with van der Waals surface area (Å²) in [4.78, 5) is 35.2. The van der Waals surface area contributed by atoms with Crippen molar-refractivity contribution in [2.45, 2.75) is 77.0 Å². The number of aliphatic hydroxyl groups is 1. The Balaban J connectivity index is 1.62. The van der Waals surface area contributed by atoms with Crippen molar-refractivity contribution in [2.75, 3.05) is 13.1 Å². The largest absolute Gasteiger partial charge is 0.393 e. The fourth-order valence-electron chi connectivity index (χ4n) is 5.67. The molecule has 3 aliphatic rings. The molecule has 2 amide bonds. The van der Waals surface area contributed by atoms with Gasteiger partial charge >= 0.3 is 0 Å². The first-order valence-electron chi connectivity index (χ1n) is 11.1. The summed E-state index contributed by atoms with van der Waals surface area (Å²) < 4.78 is 0. The van der Waals surface area contributed by atoms with Crippen LogP contribution in [0.25, 0.3) is 0 Å². The molecule has 158 valence electrons. The number of carbonyl (C=O) groups excluding carboxylic acids is 2. The summed E-state index contributed by atoms with van der Waals surface area (Å²) in [5.41, 5.74) is 0.183. The molecule has 0 aliphatic carbocycles. The van der Waals surface area contributed by atoms with E-state index < -0.39 is 5.41 Å². The molecular formula is C23H33N3O3. The third kappa shape index (κ3) is 3.67. The minimum absolute atomic E-state index is 0.0220. The van der Waals surface area contributed by atoms with Gasteiger partial charge in [0.2, 0.25) is 5.91 Å². The zero-order valence-corrected chi connectivity index (χ0v) is 17.6. The predicted molar refractivity (Wildman–Crippen MR) is 110 cm³/mol. The van der Waals surface area contributed by atoms with Crippen molar-refractivity contribution in [1.29, 1.82) is 0 Å². The smallest absolute Gasteiger partial charge is 0.254 e. The third-order valence-corrected chi connectivity index (χ3v) is 7.25. The van der Waals surface area contributed by atoms with Crippen molar-refractivity contribution in [3.05, 3.63) is 30.1 Å². The number of hydrogen-bond donors (Lipinski definition) is 1. The number of pyridine rings is 1. The maximum atomic E-state index is 13.8. The van der Waals surface area contributed by atoms with Gasteiger partial charge in [0.15, 0.2) is 0 Å². The van der Waals surface area contributed by atoms with E-state index in [2.05, 4.69) is 18.8 Å². The summed E-state index contributed by atoms with van der Waals surface area (Å²) in [5.74, 6) is 0.768. The maximum Gasteiger partial charge on any atom is 0.254 e. The van der Waals surface area contributed by atoms with E-state index in [1.165, 1.54) is 0 Å². The van der Waals surface area contributed by atoms with E-state index in [0.717, 1.165) is 32.1 Å². The minimum atomic E-state index is -0.474. The monoisotopic (exact) mass is 399 g/mol. The van der Waals surface area contributed by atoms with Crippen LogP contribution in [0.4, 0.5) is 0 Å². The summed E-state index contributed by atoms with van der Waals surface area (Å²) in [7, 11) is 0. The average Bonchev–Trinajstić information content (AvgIpc) is 3.29. The van der Waals surface area contributed by atoms with Crippen LogP contribution in [0.1, 0.15) is 69.2 Å². The summed E-state index contributed by atoms with van der Waals surface area (Å²) >= 11 is 0. The molecule has 0 unspecified atom stereocenters. The van der Waals surface area contributed by atoms with E-state index in [1.807, 2.05) is 9.80 Å². The van der Waals surface area contributed by atoms with Gasteiger partial charge in [-0.05, 0) is 63.0 Å². The molecule has 3 saturated heterocycles. The van der Waals surface area contributed by atoms with Crippen molar-refractivity contribution < 1.29 is 14.7 Å². The molecule has 1 aromatic rings. The fraction of sp³-hybridized carbons (Fsp3) is 0.696. The number of hydrogen-bond acceptors (Lipinski definition) is 4. The SMILES string of the molecule is CC(C)CC[C@]1(C(=O)N2CCC(O)CC2)C[C@H]2CC[C@@H]1N2C(=O)c1ccncc1. The van der Waals surface area contributed by atoms with Crippen molar-refractivity contribution >= 4 is 11.8 Å². The Labute approximate surface area is 173 Å². The van der Waals surface area contributed by atoms with E-state index in [9.17, 15) is 14.7 Å². The number of piperidine rings is 1. The highest BCUT2D eigenvalue weighted by Crippen LogP contribution is 2.54. The van der Waals surface area contributed by atoms with Crippen LogP contribution in [-0.4, -0.2) is 63.0 Å². The maximum absolute atomic E-state index is 13.8. The molecule has 0 saturated carbocycles. The van der Waals surface area contributed by atoms with Gasteiger partial charge in [0.25, 0.3) is 5.91 Å². The van der Waals surface area contributed by atoms with E-state index >= 15 is 0 Å². The Hall–Kier alpha value is -1.95. The van der Waals surface area contributed by atoms with Crippen LogP contribution in [-0.2, 0) is 4.79 Å². The molecule has 0 spiro atoms. The molecule has 0 aromatic carbocycles. The second kappa shape index (κ2) is 8.05. The Morgan fingerprint density at radius 2 is 1.86 bits per heavy atom. The van der Waals surface area contributed by atoms with Crippen LogP contribution in [0.15, 0.2) is 24.5 Å². The number of nitrogens with zero attached hydrogens (tertiary/aromatic N) is 3. The lowest BCUT2D eigenvalue weighted by Crippen LogP contribution is -2.53. The van der Waals surface area contributed by atoms with Gasteiger partial charge in [-0.1, -0.05) is 13.8 Å². The molecule has 6 nitrogen and oxygen atoms in total. The Morgan fingerprint density at radius 3 is 2.52 bits per heavy atom. The number of carbonyl (C=O) groups is 2. The molecule has 1 aromatic heterocycles. The fourth-order valence-corrected chi connectivity index (χ4v) is 5.67. The number of fused-ring (bicyclic) bond motifs is 2. The summed E-state index contributed by atoms with van der Waals surface area (Å²) in [6, 6.07) is 3.66. The summed E-state index contributed by atoms with van der Waals surface area (Å²) in [6.45, 7) is 5.64.